The number of aromatic nitrogens is 1. The summed E-state index contributed by atoms with van der Waals surface area (Å²) in [5.74, 6) is 0.514. The zero-order valence-corrected chi connectivity index (χ0v) is 13.0. The Morgan fingerprint density at radius 2 is 1.83 bits per heavy atom. The molecule has 3 nitrogen and oxygen atoms in total. The Morgan fingerprint density at radius 1 is 1.12 bits per heavy atom. The van der Waals surface area contributed by atoms with E-state index in [0.29, 0.717) is 5.75 Å². The van der Waals surface area contributed by atoms with E-state index in [1.54, 1.807) is 7.11 Å². The number of aromatic amines is 1. The summed E-state index contributed by atoms with van der Waals surface area (Å²) in [6, 6.07) is 10.8. The Bertz CT molecular complexity index is 838. The number of rotatable bonds is 4. The maximum atomic E-state index is 12.7. The molecule has 3 N–H and O–H groups in total. The molecule has 126 valence electrons. The first-order valence-electron chi connectivity index (χ1n) is 7.46. The minimum atomic E-state index is -4.34. The van der Waals surface area contributed by atoms with Gasteiger partial charge in [-0.1, -0.05) is 12.1 Å². The van der Waals surface area contributed by atoms with Gasteiger partial charge in [-0.25, -0.2) is 0 Å². The first-order chi connectivity index (χ1) is 11.4. The van der Waals surface area contributed by atoms with Crippen molar-refractivity contribution in [3.8, 4) is 5.75 Å². The molecule has 0 amide bonds. The first kappa shape index (κ1) is 16.4. The second kappa shape index (κ2) is 6.20. The van der Waals surface area contributed by atoms with Crippen molar-refractivity contribution in [3.05, 3.63) is 65.4 Å². The average molecular weight is 334 g/mol. The van der Waals surface area contributed by atoms with Gasteiger partial charge < -0.3 is 15.5 Å². The molecule has 3 rings (SSSR count). The summed E-state index contributed by atoms with van der Waals surface area (Å²) in [5.41, 5.74) is 7.86. The van der Waals surface area contributed by atoms with Crippen LogP contribution in [0.2, 0.25) is 0 Å². The highest BCUT2D eigenvalue weighted by atomic mass is 19.4. The van der Waals surface area contributed by atoms with Crippen molar-refractivity contribution in [2.24, 2.45) is 5.73 Å². The molecule has 0 aliphatic carbocycles. The summed E-state index contributed by atoms with van der Waals surface area (Å²) in [6.45, 7) is 0.287. The fourth-order valence-corrected chi connectivity index (χ4v) is 2.88. The van der Waals surface area contributed by atoms with E-state index >= 15 is 0 Å². The van der Waals surface area contributed by atoms with Crippen LogP contribution in [0.4, 0.5) is 13.2 Å². The van der Waals surface area contributed by atoms with Gasteiger partial charge in [0.1, 0.15) is 5.75 Å². The Morgan fingerprint density at radius 3 is 2.42 bits per heavy atom. The van der Waals surface area contributed by atoms with Crippen molar-refractivity contribution >= 4 is 10.9 Å². The Kier molecular flexibility index (Phi) is 4.24. The number of hydrogen-bond donors (Lipinski definition) is 2. The highest BCUT2D eigenvalue weighted by Gasteiger charge is 2.30. The lowest BCUT2D eigenvalue weighted by Crippen LogP contribution is -2.14. The van der Waals surface area contributed by atoms with E-state index in [0.717, 1.165) is 34.2 Å². The number of nitrogens with one attached hydrogen (secondary N) is 1. The monoisotopic (exact) mass is 334 g/mol. The lowest BCUT2D eigenvalue weighted by atomic mass is 9.90. The second-order valence-electron chi connectivity index (χ2n) is 5.56. The van der Waals surface area contributed by atoms with Crippen molar-refractivity contribution in [3.63, 3.8) is 0 Å². The van der Waals surface area contributed by atoms with E-state index in [-0.39, 0.29) is 12.5 Å². The summed E-state index contributed by atoms with van der Waals surface area (Å²) in [4.78, 5) is 3.17. The van der Waals surface area contributed by atoms with E-state index in [2.05, 4.69) is 4.98 Å². The normalized spacial score (nSPS) is 13.2. The molecule has 0 saturated carbocycles. The van der Waals surface area contributed by atoms with Crippen LogP contribution in [-0.2, 0) is 6.18 Å². The van der Waals surface area contributed by atoms with E-state index in [9.17, 15) is 13.2 Å². The van der Waals surface area contributed by atoms with Crippen molar-refractivity contribution in [1.82, 2.24) is 4.98 Å². The van der Waals surface area contributed by atoms with Gasteiger partial charge in [0.2, 0.25) is 0 Å². The molecule has 24 heavy (non-hydrogen) atoms. The van der Waals surface area contributed by atoms with Gasteiger partial charge in [0.25, 0.3) is 0 Å². The molecule has 0 radical (unpaired) electrons. The standard InChI is InChI=1S/C18H17F3N2O/c1-24-13-6-7-17-14(8-13)16(10-23-17)15(9-22)11-2-4-12(5-3-11)18(19,20)21/h2-8,10,15,23H,9,22H2,1H3/t15-/m1/s1. The van der Waals surface area contributed by atoms with Crippen molar-refractivity contribution < 1.29 is 17.9 Å². The number of alkyl halides is 3. The molecule has 0 aliphatic rings. The predicted molar refractivity (Wildman–Crippen MR) is 87.2 cm³/mol. The van der Waals surface area contributed by atoms with Gasteiger partial charge in [0, 0.05) is 29.6 Å². The molecule has 0 fully saturated rings. The van der Waals surface area contributed by atoms with Crippen LogP contribution < -0.4 is 10.5 Å². The first-order valence-corrected chi connectivity index (χ1v) is 7.46. The minimum Gasteiger partial charge on any atom is -0.497 e. The van der Waals surface area contributed by atoms with E-state index < -0.39 is 11.7 Å². The van der Waals surface area contributed by atoms with Crippen molar-refractivity contribution in [2.45, 2.75) is 12.1 Å². The Hall–Kier alpha value is -2.47. The maximum Gasteiger partial charge on any atom is 0.416 e. The quantitative estimate of drug-likeness (QED) is 0.748. The molecule has 0 saturated heterocycles. The molecular formula is C18H17F3N2O. The molecule has 0 spiro atoms. The maximum absolute atomic E-state index is 12.7. The van der Waals surface area contributed by atoms with E-state index in [1.807, 2.05) is 24.4 Å². The molecule has 1 atom stereocenters. The van der Waals surface area contributed by atoms with Crippen LogP contribution in [0.25, 0.3) is 10.9 Å². The molecule has 0 unspecified atom stereocenters. The van der Waals surface area contributed by atoms with Crippen LogP contribution in [-0.4, -0.2) is 18.6 Å². The molecule has 1 heterocycles. The van der Waals surface area contributed by atoms with Crippen LogP contribution >= 0.6 is 0 Å². The number of benzene rings is 2. The fraction of sp³-hybridized carbons (Fsp3) is 0.222. The molecule has 1 aromatic heterocycles. The third kappa shape index (κ3) is 2.97. The molecule has 0 aliphatic heterocycles. The van der Waals surface area contributed by atoms with Gasteiger partial charge >= 0.3 is 6.18 Å². The zero-order valence-electron chi connectivity index (χ0n) is 13.0. The number of nitrogens with two attached hydrogens (primary N) is 1. The second-order valence-corrected chi connectivity index (χ2v) is 5.56. The largest absolute Gasteiger partial charge is 0.497 e. The highest BCUT2D eigenvalue weighted by molar-refractivity contribution is 5.85. The van der Waals surface area contributed by atoms with E-state index in [1.165, 1.54) is 12.1 Å². The van der Waals surface area contributed by atoms with Crippen LogP contribution in [0.3, 0.4) is 0 Å². The van der Waals surface area contributed by atoms with Crippen LogP contribution in [0.1, 0.15) is 22.6 Å². The van der Waals surface area contributed by atoms with E-state index in [4.69, 9.17) is 10.5 Å². The lowest BCUT2D eigenvalue weighted by molar-refractivity contribution is -0.137. The number of methoxy groups -OCH3 is 1. The highest BCUT2D eigenvalue weighted by Crippen LogP contribution is 2.34. The number of ether oxygens (including phenoxy) is 1. The zero-order chi connectivity index (χ0) is 17.3. The number of hydrogen-bond acceptors (Lipinski definition) is 2. The molecule has 6 heteroatoms. The van der Waals surface area contributed by atoms with Gasteiger partial charge in [-0.05, 0) is 41.5 Å². The van der Waals surface area contributed by atoms with Gasteiger partial charge in [-0.2, -0.15) is 13.2 Å². The molecule has 2 aromatic carbocycles. The fourth-order valence-electron chi connectivity index (χ4n) is 2.88. The van der Waals surface area contributed by atoms with Crippen molar-refractivity contribution in [1.29, 1.82) is 0 Å². The smallest absolute Gasteiger partial charge is 0.416 e. The van der Waals surface area contributed by atoms with Crippen LogP contribution in [0, 0.1) is 0 Å². The molecule has 0 bridgehead atoms. The van der Waals surface area contributed by atoms with Crippen LogP contribution in [0.15, 0.2) is 48.7 Å². The number of halogens is 3. The summed E-state index contributed by atoms with van der Waals surface area (Å²) in [7, 11) is 1.59. The van der Waals surface area contributed by atoms with Crippen molar-refractivity contribution in [2.75, 3.05) is 13.7 Å². The lowest BCUT2D eigenvalue weighted by Gasteiger charge is -2.16. The summed E-state index contributed by atoms with van der Waals surface area (Å²) >= 11 is 0. The third-order valence-electron chi connectivity index (χ3n) is 4.17. The summed E-state index contributed by atoms with van der Waals surface area (Å²) < 4.78 is 43.4. The van der Waals surface area contributed by atoms with Gasteiger partial charge in [-0.3, -0.25) is 0 Å². The average Bonchev–Trinajstić information content (AvgIpc) is 2.98. The summed E-state index contributed by atoms with van der Waals surface area (Å²) in [5, 5.41) is 0.949. The topological polar surface area (TPSA) is 51.0 Å². The number of H-pyrrole nitrogens is 1. The molecule has 3 aromatic rings. The summed E-state index contributed by atoms with van der Waals surface area (Å²) in [6.07, 6.45) is -2.50. The predicted octanol–water partition coefficient (Wildman–Crippen LogP) is 4.29. The minimum absolute atomic E-state index is 0.201. The van der Waals surface area contributed by atoms with Gasteiger partial charge in [0.05, 0.1) is 12.7 Å². The third-order valence-corrected chi connectivity index (χ3v) is 4.17. The SMILES string of the molecule is COc1ccc2[nH]cc([C@H](CN)c3ccc(C(F)(F)F)cc3)c2c1. The number of fused-ring (bicyclic) bond motifs is 1. The molecular weight excluding hydrogens is 317 g/mol. The van der Waals surface area contributed by atoms with Gasteiger partial charge in [-0.15, -0.1) is 0 Å². The van der Waals surface area contributed by atoms with Gasteiger partial charge in [0.15, 0.2) is 0 Å². The Balaban J connectivity index is 2.03. The van der Waals surface area contributed by atoms with Crippen LogP contribution in [0.5, 0.6) is 5.75 Å². The Labute approximate surface area is 137 Å².